The zero-order valence-corrected chi connectivity index (χ0v) is 11.6. The topological polar surface area (TPSA) is 63.1 Å². The molecule has 2 fully saturated rings. The molecule has 2 atom stereocenters. The molecule has 2 saturated heterocycles. The van der Waals surface area contributed by atoms with Crippen LogP contribution in [0.25, 0.3) is 5.82 Å². The van der Waals surface area contributed by atoms with E-state index in [0.29, 0.717) is 23.5 Å². The average Bonchev–Trinajstić information content (AvgIpc) is 3.16. The summed E-state index contributed by atoms with van der Waals surface area (Å²) in [6.07, 6.45) is 7.50. The van der Waals surface area contributed by atoms with Gasteiger partial charge in [-0.3, -0.25) is 4.79 Å². The number of carbonyl (C=O) groups excluding carboxylic acids is 1. The molecule has 0 spiro atoms. The summed E-state index contributed by atoms with van der Waals surface area (Å²) in [5, 5.41) is 7.73. The molecule has 2 aromatic rings. The first-order valence-electron chi connectivity index (χ1n) is 7.31. The summed E-state index contributed by atoms with van der Waals surface area (Å²) in [5.74, 6) is 0.644. The number of aromatic nitrogens is 3. The lowest BCUT2D eigenvalue weighted by Crippen LogP contribution is -2.53. The molecular weight excluding hydrogens is 266 g/mol. The van der Waals surface area contributed by atoms with Crippen molar-refractivity contribution in [1.29, 1.82) is 0 Å². The maximum Gasteiger partial charge on any atom is 0.257 e. The standard InChI is InChI=1S/C15H17N5O/c21-15(19-9-11-4-5-12(10-19)18-11)13-3-1-6-16-14(13)20-8-2-7-17-20/h1-3,6-8,11-12,18H,4-5,9-10H2. The molecular formula is C15H17N5O. The Labute approximate surface area is 122 Å². The van der Waals surface area contributed by atoms with Crippen molar-refractivity contribution in [2.45, 2.75) is 24.9 Å². The highest BCUT2D eigenvalue weighted by molar-refractivity contribution is 5.97. The van der Waals surface area contributed by atoms with Crippen molar-refractivity contribution in [3.63, 3.8) is 0 Å². The van der Waals surface area contributed by atoms with E-state index in [0.717, 1.165) is 25.9 Å². The molecule has 0 aromatic carbocycles. The second-order valence-electron chi connectivity index (χ2n) is 5.67. The van der Waals surface area contributed by atoms with Gasteiger partial charge < -0.3 is 10.2 Å². The number of rotatable bonds is 2. The van der Waals surface area contributed by atoms with Gasteiger partial charge >= 0.3 is 0 Å². The van der Waals surface area contributed by atoms with Crippen molar-refractivity contribution >= 4 is 5.91 Å². The molecule has 4 rings (SSSR count). The van der Waals surface area contributed by atoms with Gasteiger partial charge in [-0.05, 0) is 31.0 Å². The van der Waals surface area contributed by atoms with E-state index >= 15 is 0 Å². The Hall–Kier alpha value is -2.21. The minimum atomic E-state index is 0.0481. The number of nitrogens with one attached hydrogen (secondary N) is 1. The predicted octanol–water partition coefficient (Wildman–Crippen LogP) is 0.844. The first kappa shape index (κ1) is 12.5. The average molecular weight is 283 g/mol. The second kappa shape index (κ2) is 4.96. The smallest absolute Gasteiger partial charge is 0.257 e. The predicted molar refractivity (Wildman–Crippen MR) is 77.2 cm³/mol. The minimum absolute atomic E-state index is 0.0481. The van der Waals surface area contributed by atoms with E-state index in [1.165, 1.54) is 0 Å². The molecule has 0 aliphatic carbocycles. The van der Waals surface area contributed by atoms with Crippen LogP contribution in [0.3, 0.4) is 0 Å². The van der Waals surface area contributed by atoms with Crippen LogP contribution in [0, 0.1) is 0 Å². The van der Waals surface area contributed by atoms with Crippen LogP contribution < -0.4 is 5.32 Å². The van der Waals surface area contributed by atoms with Gasteiger partial charge in [0.2, 0.25) is 0 Å². The highest BCUT2D eigenvalue weighted by atomic mass is 16.2. The lowest BCUT2D eigenvalue weighted by atomic mass is 10.1. The number of hydrogen-bond acceptors (Lipinski definition) is 4. The Balaban J connectivity index is 1.66. The van der Waals surface area contributed by atoms with Gasteiger partial charge in [-0.2, -0.15) is 5.10 Å². The SMILES string of the molecule is O=C(c1cccnc1-n1cccn1)N1CC2CCC(C1)N2. The number of likely N-dealkylation sites (tertiary alicyclic amines) is 1. The Morgan fingerprint density at radius 1 is 1.19 bits per heavy atom. The van der Waals surface area contributed by atoms with Gasteiger partial charge in [0.05, 0.1) is 5.56 Å². The van der Waals surface area contributed by atoms with Crippen molar-refractivity contribution in [3.8, 4) is 5.82 Å². The normalized spacial score (nSPS) is 24.3. The van der Waals surface area contributed by atoms with E-state index in [1.807, 2.05) is 17.0 Å². The maximum atomic E-state index is 12.9. The fourth-order valence-electron chi connectivity index (χ4n) is 3.27. The highest BCUT2D eigenvalue weighted by Crippen LogP contribution is 2.22. The number of fused-ring (bicyclic) bond motifs is 2. The first-order valence-corrected chi connectivity index (χ1v) is 7.31. The molecule has 2 aliphatic heterocycles. The van der Waals surface area contributed by atoms with Crippen LogP contribution >= 0.6 is 0 Å². The Morgan fingerprint density at radius 2 is 2.00 bits per heavy atom. The Morgan fingerprint density at radius 3 is 2.71 bits per heavy atom. The molecule has 0 saturated carbocycles. The molecule has 108 valence electrons. The van der Waals surface area contributed by atoms with Crippen molar-refractivity contribution < 1.29 is 4.79 Å². The summed E-state index contributed by atoms with van der Waals surface area (Å²) >= 11 is 0. The molecule has 0 radical (unpaired) electrons. The Kier molecular flexibility index (Phi) is 2.96. The summed E-state index contributed by atoms with van der Waals surface area (Å²) in [6.45, 7) is 1.56. The van der Waals surface area contributed by atoms with Gasteiger partial charge in [0.25, 0.3) is 5.91 Å². The van der Waals surface area contributed by atoms with Gasteiger partial charge in [-0.25, -0.2) is 9.67 Å². The lowest BCUT2D eigenvalue weighted by molar-refractivity contribution is 0.0697. The molecule has 1 amide bonds. The van der Waals surface area contributed by atoms with Gasteiger partial charge in [-0.15, -0.1) is 0 Å². The van der Waals surface area contributed by atoms with E-state index in [-0.39, 0.29) is 5.91 Å². The monoisotopic (exact) mass is 283 g/mol. The number of carbonyl (C=O) groups is 1. The second-order valence-corrected chi connectivity index (χ2v) is 5.67. The van der Waals surface area contributed by atoms with Crippen LogP contribution in [0.5, 0.6) is 0 Å². The molecule has 2 unspecified atom stereocenters. The summed E-state index contributed by atoms with van der Waals surface area (Å²) in [4.78, 5) is 19.1. The van der Waals surface area contributed by atoms with Gasteiger partial charge in [0.15, 0.2) is 5.82 Å². The minimum Gasteiger partial charge on any atom is -0.335 e. The number of piperazine rings is 1. The van der Waals surface area contributed by atoms with Crippen molar-refractivity contribution in [3.05, 3.63) is 42.4 Å². The van der Waals surface area contributed by atoms with Crippen LogP contribution in [0.1, 0.15) is 23.2 Å². The summed E-state index contributed by atoms with van der Waals surface area (Å²) < 4.78 is 1.64. The van der Waals surface area contributed by atoms with Gasteiger partial charge in [0.1, 0.15) is 0 Å². The van der Waals surface area contributed by atoms with E-state index in [9.17, 15) is 4.79 Å². The lowest BCUT2D eigenvalue weighted by Gasteiger charge is -2.33. The third-order valence-corrected chi connectivity index (χ3v) is 4.24. The van der Waals surface area contributed by atoms with E-state index in [4.69, 9.17) is 0 Å². The fraction of sp³-hybridized carbons (Fsp3) is 0.400. The fourth-order valence-corrected chi connectivity index (χ4v) is 3.27. The number of nitrogens with zero attached hydrogens (tertiary/aromatic N) is 4. The molecule has 2 aliphatic rings. The van der Waals surface area contributed by atoms with Crippen molar-refractivity contribution in [1.82, 2.24) is 25.0 Å². The summed E-state index contributed by atoms with van der Waals surface area (Å²) in [7, 11) is 0. The third-order valence-electron chi connectivity index (χ3n) is 4.24. The number of hydrogen-bond donors (Lipinski definition) is 1. The summed E-state index contributed by atoms with van der Waals surface area (Å²) in [5.41, 5.74) is 0.613. The Bertz CT molecular complexity index is 642. The largest absolute Gasteiger partial charge is 0.335 e. The zero-order chi connectivity index (χ0) is 14.2. The number of amides is 1. The van der Waals surface area contributed by atoms with Crippen LogP contribution in [-0.4, -0.2) is 50.7 Å². The molecule has 1 N–H and O–H groups in total. The van der Waals surface area contributed by atoms with Gasteiger partial charge in [0, 0.05) is 43.8 Å². The zero-order valence-electron chi connectivity index (χ0n) is 11.6. The maximum absolute atomic E-state index is 12.9. The van der Waals surface area contributed by atoms with Crippen LogP contribution in [0.4, 0.5) is 0 Å². The van der Waals surface area contributed by atoms with Crippen LogP contribution in [0.15, 0.2) is 36.8 Å². The highest BCUT2D eigenvalue weighted by Gasteiger charge is 2.35. The molecule has 6 nitrogen and oxygen atoms in total. The van der Waals surface area contributed by atoms with E-state index in [1.54, 1.807) is 29.3 Å². The van der Waals surface area contributed by atoms with Crippen LogP contribution in [-0.2, 0) is 0 Å². The number of pyridine rings is 1. The van der Waals surface area contributed by atoms with E-state index < -0.39 is 0 Å². The molecule has 2 bridgehead atoms. The quantitative estimate of drug-likeness (QED) is 0.887. The van der Waals surface area contributed by atoms with Gasteiger partial charge in [-0.1, -0.05) is 0 Å². The molecule has 21 heavy (non-hydrogen) atoms. The summed E-state index contributed by atoms with van der Waals surface area (Å²) in [6, 6.07) is 6.34. The first-order chi connectivity index (χ1) is 10.3. The molecule has 2 aromatic heterocycles. The van der Waals surface area contributed by atoms with Crippen LogP contribution in [0.2, 0.25) is 0 Å². The van der Waals surface area contributed by atoms with Crippen molar-refractivity contribution in [2.75, 3.05) is 13.1 Å². The molecule has 6 heteroatoms. The van der Waals surface area contributed by atoms with Crippen molar-refractivity contribution in [2.24, 2.45) is 0 Å². The van der Waals surface area contributed by atoms with E-state index in [2.05, 4.69) is 15.4 Å². The third kappa shape index (κ3) is 2.21. The molecule has 4 heterocycles.